The number of nitriles is 1. The largest absolute Gasteiger partial charge is 0.444 e. The van der Waals surface area contributed by atoms with Crippen molar-refractivity contribution in [1.82, 2.24) is 15.2 Å². The Hall–Kier alpha value is -2.62. The molecule has 2 atom stereocenters. The molecule has 0 spiro atoms. The third kappa shape index (κ3) is 5.45. The minimum absolute atomic E-state index is 0.0586. The number of likely N-dealkylation sites (tertiary alicyclic amines) is 1. The van der Waals surface area contributed by atoms with Crippen molar-refractivity contribution in [3.63, 3.8) is 0 Å². The summed E-state index contributed by atoms with van der Waals surface area (Å²) in [5.41, 5.74) is 0.0865. The zero-order valence-electron chi connectivity index (χ0n) is 14.9. The molecular formula is C18H24N4O3. The van der Waals surface area contributed by atoms with Crippen LogP contribution in [0.2, 0.25) is 0 Å². The van der Waals surface area contributed by atoms with Gasteiger partial charge < -0.3 is 15.0 Å². The number of nitrogens with one attached hydrogen (secondary N) is 1. The van der Waals surface area contributed by atoms with Crippen molar-refractivity contribution >= 4 is 12.0 Å². The molecule has 134 valence electrons. The van der Waals surface area contributed by atoms with Crippen molar-refractivity contribution in [2.75, 3.05) is 6.54 Å². The van der Waals surface area contributed by atoms with Crippen molar-refractivity contribution in [1.29, 1.82) is 5.26 Å². The molecule has 2 rings (SSSR count). The molecule has 25 heavy (non-hydrogen) atoms. The van der Waals surface area contributed by atoms with E-state index in [1.165, 1.54) is 0 Å². The third-order valence-electron chi connectivity index (χ3n) is 3.88. The highest BCUT2D eigenvalue weighted by molar-refractivity contribution is 5.79. The maximum Gasteiger partial charge on any atom is 0.408 e. The number of rotatable bonds is 4. The third-order valence-corrected chi connectivity index (χ3v) is 3.88. The second-order valence-electron chi connectivity index (χ2n) is 7.06. The number of amides is 2. The van der Waals surface area contributed by atoms with E-state index in [1.807, 2.05) is 0 Å². The van der Waals surface area contributed by atoms with E-state index in [-0.39, 0.29) is 18.4 Å². The molecule has 1 aliphatic rings. The summed E-state index contributed by atoms with van der Waals surface area (Å²) in [4.78, 5) is 30.4. The van der Waals surface area contributed by atoms with Crippen LogP contribution in [0.15, 0.2) is 24.5 Å². The lowest BCUT2D eigenvalue weighted by atomic mass is 10.0. The number of aromatic nitrogens is 1. The van der Waals surface area contributed by atoms with Gasteiger partial charge in [0.15, 0.2) is 0 Å². The van der Waals surface area contributed by atoms with E-state index >= 15 is 0 Å². The van der Waals surface area contributed by atoms with Crippen LogP contribution in [-0.2, 0) is 9.53 Å². The number of pyridine rings is 1. The predicted molar refractivity (Wildman–Crippen MR) is 91.3 cm³/mol. The lowest BCUT2D eigenvalue weighted by Gasteiger charge is -2.26. The molecule has 0 saturated carbocycles. The number of hydrogen-bond acceptors (Lipinski definition) is 5. The van der Waals surface area contributed by atoms with Gasteiger partial charge in [-0.05, 0) is 45.2 Å². The highest BCUT2D eigenvalue weighted by Gasteiger charge is 2.31. The van der Waals surface area contributed by atoms with E-state index in [9.17, 15) is 9.59 Å². The molecule has 7 heteroatoms. The van der Waals surface area contributed by atoms with Crippen LogP contribution in [0.4, 0.5) is 4.79 Å². The summed E-state index contributed by atoms with van der Waals surface area (Å²) < 4.78 is 5.29. The average molecular weight is 344 g/mol. The van der Waals surface area contributed by atoms with Crippen LogP contribution in [0.5, 0.6) is 0 Å². The molecule has 0 radical (unpaired) electrons. The van der Waals surface area contributed by atoms with Crippen molar-refractivity contribution < 1.29 is 14.3 Å². The number of hydrogen-bond donors (Lipinski definition) is 1. The molecule has 1 fully saturated rings. The minimum atomic E-state index is -0.631. The number of carbonyl (C=O) groups excluding carboxylic acids is 2. The molecule has 0 aromatic carbocycles. The first kappa shape index (κ1) is 18.7. The number of carbonyl (C=O) groups is 2. The normalized spacial score (nSPS) is 18.3. The van der Waals surface area contributed by atoms with Crippen molar-refractivity contribution in [3.8, 4) is 6.07 Å². The smallest absolute Gasteiger partial charge is 0.408 e. The van der Waals surface area contributed by atoms with Gasteiger partial charge >= 0.3 is 6.09 Å². The van der Waals surface area contributed by atoms with E-state index in [0.29, 0.717) is 13.0 Å². The second kappa shape index (κ2) is 7.97. The van der Waals surface area contributed by atoms with Crippen molar-refractivity contribution in [2.24, 2.45) is 0 Å². The molecule has 1 aliphatic heterocycles. The minimum Gasteiger partial charge on any atom is -0.444 e. The molecule has 0 aliphatic carbocycles. The lowest BCUT2D eigenvalue weighted by Crippen LogP contribution is -2.40. The molecule has 7 nitrogen and oxygen atoms in total. The Morgan fingerprint density at radius 2 is 2.28 bits per heavy atom. The zero-order valence-corrected chi connectivity index (χ0v) is 14.9. The highest BCUT2D eigenvalue weighted by Crippen LogP contribution is 2.23. The first-order valence-corrected chi connectivity index (χ1v) is 8.38. The molecule has 2 amide bonds. The predicted octanol–water partition coefficient (Wildman–Crippen LogP) is 2.55. The monoisotopic (exact) mass is 344 g/mol. The second-order valence-corrected chi connectivity index (χ2v) is 7.06. The van der Waals surface area contributed by atoms with Gasteiger partial charge in [0.2, 0.25) is 5.91 Å². The Kier molecular flexibility index (Phi) is 5.97. The molecule has 1 N–H and O–H groups in total. The zero-order chi connectivity index (χ0) is 18.4. The summed E-state index contributed by atoms with van der Waals surface area (Å²) in [5, 5.41) is 11.9. The summed E-state index contributed by atoms with van der Waals surface area (Å²) in [6.45, 7) is 5.90. The van der Waals surface area contributed by atoms with E-state index in [2.05, 4.69) is 16.4 Å². The summed E-state index contributed by atoms with van der Waals surface area (Å²) >= 11 is 0. The summed E-state index contributed by atoms with van der Waals surface area (Å²) in [5.74, 6) is -0.158. The highest BCUT2D eigenvalue weighted by atomic mass is 16.6. The van der Waals surface area contributed by atoms with Crippen LogP contribution in [-0.4, -0.2) is 40.1 Å². The fourth-order valence-electron chi connectivity index (χ4n) is 2.78. The molecule has 1 saturated heterocycles. The molecule has 1 aromatic rings. The van der Waals surface area contributed by atoms with Gasteiger partial charge in [0.1, 0.15) is 11.6 Å². The maximum atomic E-state index is 12.6. The van der Waals surface area contributed by atoms with E-state index in [1.54, 1.807) is 50.2 Å². The van der Waals surface area contributed by atoms with E-state index < -0.39 is 17.7 Å². The van der Waals surface area contributed by atoms with Gasteiger partial charge in [-0.15, -0.1) is 0 Å². The van der Waals surface area contributed by atoms with Crippen LogP contribution < -0.4 is 5.32 Å². The van der Waals surface area contributed by atoms with Crippen molar-refractivity contribution in [2.45, 2.75) is 57.7 Å². The number of alkyl carbamates (subject to hydrolysis) is 1. The first-order valence-electron chi connectivity index (χ1n) is 8.38. The van der Waals surface area contributed by atoms with Crippen LogP contribution in [0.3, 0.4) is 0 Å². The molecule has 0 bridgehead atoms. The van der Waals surface area contributed by atoms with Gasteiger partial charge in [0.25, 0.3) is 0 Å². The standard InChI is InChI=1S/C18H24N4O3/c1-18(2,3)25-17(24)21-15(13-6-4-8-20-12-13)10-16(23)22-9-5-7-14(22)11-19/h4,6,8,12,14-15H,5,7,9-10H2,1-3H3,(H,21,24)/t14-,15?/m0/s1. The molecule has 1 unspecified atom stereocenters. The quantitative estimate of drug-likeness (QED) is 0.905. The SMILES string of the molecule is CC(C)(C)OC(=O)NC(CC(=O)N1CCC[C@H]1C#N)c1cccnc1. The summed E-state index contributed by atoms with van der Waals surface area (Å²) in [6, 6.07) is 4.76. The topological polar surface area (TPSA) is 95.3 Å². The van der Waals surface area contributed by atoms with E-state index in [0.717, 1.165) is 12.0 Å². The Labute approximate surface area is 148 Å². The van der Waals surface area contributed by atoms with Crippen LogP contribution >= 0.6 is 0 Å². The lowest BCUT2D eigenvalue weighted by molar-refractivity contribution is -0.131. The molecular weight excluding hydrogens is 320 g/mol. The van der Waals surface area contributed by atoms with Crippen LogP contribution in [0.25, 0.3) is 0 Å². The number of nitrogens with zero attached hydrogens (tertiary/aromatic N) is 3. The fourth-order valence-corrected chi connectivity index (χ4v) is 2.78. The maximum absolute atomic E-state index is 12.6. The van der Waals surface area contributed by atoms with Gasteiger partial charge in [-0.2, -0.15) is 5.26 Å². The van der Waals surface area contributed by atoms with Crippen LogP contribution in [0.1, 0.15) is 51.6 Å². The molecule has 2 heterocycles. The fraction of sp³-hybridized carbons (Fsp3) is 0.556. The van der Waals surface area contributed by atoms with Gasteiger partial charge in [-0.25, -0.2) is 4.79 Å². The first-order chi connectivity index (χ1) is 11.8. The van der Waals surface area contributed by atoms with Gasteiger partial charge in [-0.1, -0.05) is 6.07 Å². The van der Waals surface area contributed by atoms with Gasteiger partial charge in [0.05, 0.1) is 18.5 Å². The average Bonchev–Trinajstić information content (AvgIpc) is 3.02. The van der Waals surface area contributed by atoms with E-state index in [4.69, 9.17) is 10.00 Å². The Morgan fingerprint density at radius 3 is 2.88 bits per heavy atom. The molecule has 1 aromatic heterocycles. The van der Waals surface area contributed by atoms with Gasteiger partial charge in [-0.3, -0.25) is 9.78 Å². The van der Waals surface area contributed by atoms with Crippen LogP contribution in [0, 0.1) is 11.3 Å². The summed E-state index contributed by atoms with van der Waals surface area (Å²) in [6.07, 6.45) is 4.22. The Morgan fingerprint density at radius 1 is 1.52 bits per heavy atom. The van der Waals surface area contributed by atoms with Crippen molar-refractivity contribution in [3.05, 3.63) is 30.1 Å². The summed E-state index contributed by atoms with van der Waals surface area (Å²) in [7, 11) is 0. The number of ether oxygens (including phenoxy) is 1. The Balaban J connectivity index is 2.11. The van der Waals surface area contributed by atoms with Gasteiger partial charge in [0, 0.05) is 18.9 Å². The Bertz CT molecular complexity index is 649.